The highest BCUT2D eigenvalue weighted by Gasteiger charge is 2.14. The van der Waals surface area contributed by atoms with Crippen molar-refractivity contribution < 1.29 is 19.6 Å². The van der Waals surface area contributed by atoms with Crippen molar-refractivity contribution in [2.24, 2.45) is 0 Å². The topological polar surface area (TPSA) is 103 Å². The number of hydrogen-bond donors (Lipinski definition) is 1. The molecule has 0 radical (unpaired) electrons. The van der Waals surface area contributed by atoms with Crippen LogP contribution in [-0.2, 0) is 0 Å². The standard InChI is InChI=1S/C13H9ClN2O5/c1-7-4-8(13(17)18)5-12(15-7)21-11-6-9(16(19)20)2-3-10(11)14/h2-6H,1H3,(H,17,18). The van der Waals surface area contributed by atoms with Crippen molar-refractivity contribution >= 4 is 23.3 Å². The van der Waals surface area contributed by atoms with Gasteiger partial charge in [0.05, 0.1) is 21.6 Å². The second-order valence-corrected chi connectivity index (χ2v) is 4.52. The third kappa shape index (κ3) is 3.46. The van der Waals surface area contributed by atoms with E-state index in [9.17, 15) is 14.9 Å². The Labute approximate surface area is 123 Å². The van der Waals surface area contributed by atoms with E-state index in [0.29, 0.717) is 5.69 Å². The molecule has 1 N–H and O–H groups in total. The zero-order chi connectivity index (χ0) is 15.6. The lowest BCUT2D eigenvalue weighted by molar-refractivity contribution is -0.384. The van der Waals surface area contributed by atoms with Gasteiger partial charge in [-0.2, -0.15) is 0 Å². The molecule has 0 atom stereocenters. The predicted octanol–water partition coefficient (Wildman–Crippen LogP) is 3.44. The van der Waals surface area contributed by atoms with Crippen molar-refractivity contribution in [2.75, 3.05) is 0 Å². The van der Waals surface area contributed by atoms with Crippen LogP contribution in [0.25, 0.3) is 0 Å². The van der Waals surface area contributed by atoms with Gasteiger partial charge in [-0.1, -0.05) is 11.6 Å². The number of ether oxygens (including phenoxy) is 1. The number of nitrogens with zero attached hydrogens (tertiary/aromatic N) is 2. The lowest BCUT2D eigenvalue weighted by Crippen LogP contribution is -2.00. The van der Waals surface area contributed by atoms with Crippen LogP contribution in [0.4, 0.5) is 5.69 Å². The monoisotopic (exact) mass is 308 g/mol. The number of carbonyl (C=O) groups is 1. The van der Waals surface area contributed by atoms with Crippen molar-refractivity contribution in [3.63, 3.8) is 0 Å². The summed E-state index contributed by atoms with van der Waals surface area (Å²) in [5.74, 6) is -1.11. The SMILES string of the molecule is Cc1cc(C(=O)O)cc(Oc2cc([N+](=O)[O-])ccc2Cl)n1. The summed E-state index contributed by atoms with van der Waals surface area (Å²) >= 11 is 5.90. The summed E-state index contributed by atoms with van der Waals surface area (Å²) in [6.45, 7) is 1.61. The number of hydrogen-bond acceptors (Lipinski definition) is 5. The van der Waals surface area contributed by atoms with Gasteiger partial charge >= 0.3 is 5.97 Å². The Morgan fingerprint density at radius 3 is 2.71 bits per heavy atom. The van der Waals surface area contributed by atoms with Gasteiger partial charge in [0.2, 0.25) is 5.88 Å². The van der Waals surface area contributed by atoms with E-state index in [4.69, 9.17) is 21.4 Å². The van der Waals surface area contributed by atoms with Gasteiger partial charge in [-0.05, 0) is 19.1 Å². The number of aromatic carboxylic acids is 1. The van der Waals surface area contributed by atoms with Crippen LogP contribution in [0, 0.1) is 17.0 Å². The highest BCUT2D eigenvalue weighted by molar-refractivity contribution is 6.32. The van der Waals surface area contributed by atoms with Gasteiger partial charge in [0, 0.05) is 17.8 Å². The smallest absolute Gasteiger partial charge is 0.335 e. The molecule has 0 spiro atoms. The minimum atomic E-state index is -1.13. The van der Waals surface area contributed by atoms with Gasteiger partial charge in [-0.15, -0.1) is 0 Å². The quantitative estimate of drug-likeness (QED) is 0.685. The molecule has 0 aliphatic rings. The molecular formula is C13H9ClN2O5. The molecule has 0 aliphatic heterocycles. The number of aromatic nitrogens is 1. The van der Waals surface area contributed by atoms with Crippen LogP contribution in [-0.4, -0.2) is 21.0 Å². The summed E-state index contributed by atoms with van der Waals surface area (Å²) in [6.07, 6.45) is 0. The Morgan fingerprint density at radius 1 is 1.38 bits per heavy atom. The number of carboxylic acids is 1. The zero-order valence-electron chi connectivity index (χ0n) is 10.7. The molecule has 0 unspecified atom stereocenters. The van der Waals surface area contributed by atoms with Gasteiger partial charge in [0.1, 0.15) is 0 Å². The maximum Gasteiger partial charge on any atom is 0.335 e. The third-order valence-corrected chi connectivity index (χ3v) is 2.83. The number of carboxylic acid groups (broad SMARTS) is 1. The Bertz CT molecular complexity index is 732. The molecule has 1 aromatic carbocycles. The summed E-state index contributed by atoms with van der Waals surface area (Å²) in [5.41, 5.74) is 0.242. The molecule has 7 nitrogen and oxygen atoms in total. The number of benzene rings is 1. The lowest BCUT2D eigenvalue weighted by Gasteiger charge is -2.08. The summed E-state index contributed by atoms with van der Waals surface area (Å²) in [5, 5.41) is 19.9. The van der Waals surface area contributed by atoms with Gasteiger partial charge in [0.15, 0.2) is 5.75 Å². The maximum atomic E-state index is 11.0. The molecular weight excluding hydrogens is 300 g/mol. The minimum absolute atomic E-state index is 0.000877. The fourth-order valence-corrected chi connectivity index (χ4v) is 1.77. The van der Waals surface area contributed by atoms with E-state index in [0.717, 1.165) is 6.07 Å². The van der Waals surface area contributed by atoms with E-state index < -0.39 is 10.9 Å². The van der Waals surface area contributed by atoms with E-state index in [-0.39, 0.29) is 27.9 Å². The molecule has 0 amide bonds. The Hall–Kier alpha value is -2.67. The second kappa shape index (κ2) is 5.76. The van der Waals surface area contributed by atoms with Crippen LogP contribution < -0.4 is 4.74 Å². The summed E-state index contributed by atoms with van der Waals surface area (Å²) in [6, 6.07) is 6.30. The van der Waals surface area contributed by atoms with E-state index in [1.54, 1.807) is 6.92 Å². The van der Waals surface area contributed by atoms with Gasteiger partial charge in [-0.3, -0.25) is 10.1 Å². The van der Waals surface area contributed by atoms with Crippen LogP contribution >= 0.6 is 11.6 Å². The summed E-state index contributed by atoms with van der Waals surface area (Å²) in [7, 11) is 0. The number of nitro benzene ring substituents is 1. The van der Waals surface area contributed by atoms with Crippen molar-refractivity contribution in [3.05, 3.63) is 56.7 Å². The average molecular weight is 309 g/mol. The van der Waals surface area contributed by atoms with Gasteiger partial charge in [-0.25, -0.2) is 9.78 Å². The molecule has 0 fully saturated rings. The number of pyridine rings is 1. The number of halogens is 1. The largest absolute Gasteiger partial charge is 0.478 e. The van der Waals surface area contributed by atoms with Crippen molar-refractivity contribution in [1.82, 2.24) is 4.98 Å². The fraction of sp³-hybridized carbons (Fsp3) is 0.0769. The fourth-order valence-electron chi connectivity index (χ4n) is 1.61. The lowest BCUT2D eigenvalue weighted by atomic mass is 10.2. The zero-order valence-corrected chi connectivity index (χ0v) is 11.5. The first-order valence-corrected chi connectivity index (χ1v) is 6.08. The van der Waals surface area contributed by atoms with Crippen LogP contribution in [0.15, 0.2) is 30.3 Å². The van der Waals surface area contributed by atoms with Crippen LogP contribution in [0.5, 0.6) is 11.6 Å². The normalized spacial score (nSPS) is 10.2. The molecule has 0 saturated carbocycles. The first kappa shape index (κ1) is 14.7. The Kier molecular flexibility index (Phi) is 4.04. The van der Waals surface area contributed by atoms with E-state index in [1.165, 1.54) is 24.3 Å². The first-order chi connectivity index (χ1) is 9.86. The highest BCUT2D eigenvalue weighted by Crippen LogP contribution is 2.32. The number of rotatable bonds is 4. The second-order valence-electron chi connectivity index (χ2n) is 4.11. The minimum Gasteiger partial charge on any atom is -0.478 e. The van der Waals surface area contributed by atoms with E-state index in [2.05, 4.69) is 4.98 Å². The van der Waals surface area contributed by atoms with Gasteiger partial charge in [0.25, 0.3) is 5.69 Å². The Balaban J connectivity index is 2.40. The predicted molar refractivity (Wildman–Crippen MR) is 74.1 cm³/mol. The molecule has 0 bridgehead atoms. The average Bonchev–Trinajstić information content (AvgIpc) is 2.40. The van der Waals surface area contributed by atoms with E-state index >= 15 is 0 Å². The molecule has 1 heterocycles. The molecule has 2 rings (SSSR count). The van der Waals surface area contributed by atoms with Crippen molar-refractivity contribution in [1.29, 1.82) is 0 Å². The van der Waals surface area contributed by atoms with Gasteiger partial charge < -0.3 is 9.84 Å². The van der Waals surface area contributed by atoms with E-state index in [1.807, 2.05) is 0 Å². The molecule has 0 saturated heterocycles. The van der Waals surface area contributed by atoms with Crippen LogP contribution in [0.2, 0.25) is 5.02 Å². The molecule has 0 aliphatic carbocycles. The molecule has 1 aromatic heterocycles. The molecule has 21 heavy (non-hydrogen) atoms. The molecule has 8 heteroatoms. The van der Waals surface area contributed by atoms with Crippen molar-refractivity contribution in [2.45, 2.75) is 6.92 Å². The first-order valence-electron chi connectivity index (χ1n) is 5.70. The number of aryl methyl sites for hydroxylation is 1. The summed E-state index contributed by atoms with van der Waals surface area (Å²) in [4.78, 5) is 25.1. The van der Waals surface area contributed by atoms with Crippen molar-refractivity contribution in [3.8, 4) is 11.6 Å². The number of non-ortho nitro benzene ring substituents is 1. The Morgan fingerprint density at radius 2 is 2.10 bits per heavy atom. The summed E-state index contributed by atoms with van der Waals surface area (Å²) < 4.78 is 5.36. The van der Waals surface area contributed by atoms with Crippen LogP contribution in [0.3, 0.4) is 0 Å². The highest BCUT2D eigenvalue weighted by atomic mass is 35.5. The number of nitro groups is 1. The molecule has 2 aromatic rings. The maximum absolute atomic E-state index is 11.0. The third-order valence-electron chi connectivity index (χ3n) is 2.52. The van der Waals surface area contributed by atoms with Crippen LogP contribution in [0.1, 0.15) is 16.1 Å². The molecule has 108 valence electrons.